The molecular formula is C13H26N4O2. The number of likely N-dealkylation sites (N-methyl/N-ethyl adjacent to an activating group) is 1. The van der Waals surface area contributed by atoms with E-state index in [1.807, 2.05) is 13.8 Å². The summed E-state index contributed by atoms with van der Waals surface area (Å²) >= 11 is 0. The summed E-state index contributed by atoms with van der Waals surface area (Å²) in [5, 5.41) is 5.61. The van der Waals surface area contributed by atoms with Gasteiger partial charge in [-0.25, -0.2) is 0 Å². The summed E-state index contributed by atoms with van der Waals surface area (Å²) in [7, 11) is 1.64. The largest absolute Gasteiger partial charge is 0.358 e. The minimum Gasteiger partial charge on any atom is -0.358 e. The highest BCUT2D eigenvalue weighted by Gasteiger charge is 2.24. The van der Waals surface area contributed by atoms with E-state index in [0.717, 1.165) is 25.9 Å². The average molecular weight is 270 g/mol. The van der Waals surface area contributed by atoms with Gasteiger partial charge < -0.3 is 16.4 Å². The molecule has 0 spiro atoms. The zero-order valence-electron chi connectivity index (χ0n) is 12.1. The van der Waals surface area contributed by atoms with Gasteiger partial charge in [0.15, 0.2) is 0 Å². The van der Waals surface area contributed by atoms with E-state index in [1.54, 1.807) is 7.05 Å². The van der Waals surface area contributed by atoms with Crippen LogP contribution in [-0.2, 0) is 9.59 Å². The summed E-state index contributed by atoms with van der Waals surface area (Å²) in [4.78, 5) is 25.2. The molecule has 0 aromatic carbocycles. The number of carbonyl (C=O) groups is 2. The van der Waals surface area contributed by atoms with Gasteiger partial charge in [-0.05, 0) is 18.8 Å². The van der Waals surface area contributed by atoms with Crippen LogP contribution in [0.5, 0.6) is 0 Å². The molecule has 0 saturated carbocycles. The molecule has 19 heavy (non-hydrogen) atoms. The van der Waals surface area contributed by atoms with Crippen LogP contribution in [0.4, 0.5) is 0 Å². The number of nitrogens with one attached hydrogen (secondary N) is 2. The maximum Gasteiger partial charge on any atom is 0.237 e. The van der Waals surface area contributed by atoms with Gasteiger partial charge in [0.1, 0.15) is 0 Å². The second-order valence-electron chi connectivity index (χ2n) is 5.50. The van der Waals surface area contributed by atoms with E-state index in [4.69, 9.17) is 5.73 Å². The first-order valence-corrected chi connectivity index (χ1v) is 6.93. The highest BCUT2D eigenvalue weighted by atomic mass is 16.2. The zero-order chi connectivity index (χ0) is 14.4. The Balaban J connectivity index is 2.30. The highest BCUT2D eigenvalue weighted by Crippen LogP contribution is 2.10. The van der Waals surface area contributed by atoms with E-state index in [-0.39, 0.29) is 23.8 Å². The number of amides is 2. The summed E-state index contributed by atoms with van der Waals surface area (Å²) in [5.41, 5.74) is 5.81. The summed E-state index contributed by atoms with van der Waals surface area (Å²) in [6.07, 6.45) is 1.74. The van der Waals surface area contributed by atoms with Crippen LogP contribution in [0.3, 0.4) is 0 Å². The van der Waals surface area contributed by atoms with Crippen LogP contribution < -0.4 is 16.4 Å². The number of nitrogens with zero attached hydrogens (tertiary/aromatic N) is 1. The van der Waals surface area contributed by atoms with E-state index < -0.39 is 6.04 Å². The lowest BCUT2D eigenvalue weighted by atomic mass is 10.0. The van der Waals surface area contributed by atoms with Crippen LogP contribution in [0.25, 0.3) is 0 Å². The van der Waals surface area contributed by atoms with Gasteiger partial charge in [0.05, 0.1) is 12.6 Å². The predicted molar refractivity (Wildman–Crippen MR) is 74.5 cm³/mol. The summed E-state index contributed by atoms with van der Waals surface area (Å²) in [6.45, 7) is 5.97. The number of hydrogen-bond donors (Lipinski definition) is 3. The van der Waals surface area contributed by atoms with Crippen molar-refractivity contribution in [1.29, 1.82) is 0 Å². The van der Waals surface area contributed by atoms with Crippen molar-refractivity contribution in [2.24, 2.45) is 11.7 Å². The molecule has 0 radical (unpaired) electrons. The molecule has 4 N–H and O–H groups in total. The molecule has 1 aliphatic rings. The molecular weight excluding hydrogens is 244 g/mol. The first-order chi connectivity index (χ1) is 8.93. The number of piperidine rings is 1. The van der Waals surface area contributed by atoms with Gasteiger partial charge in [-0.3, -0.25) is 14.5 Å². The maximum atomic E-state index is 11.8. The van der Waals surface area contributed by atoms with Gasteiger partial charge >= 0.3 is 0 Å². The second kappa shape index (κ2) is 7.45. The molecule has 0 aromatic rings. The van der Waals surface area contributed by atoms with Crippen LogP contribution in [0.15, 0.2) is 0 Å². The fourth-order valence-corrected chi connectivity index (χ4v) is 2.12. The molecule has 2 amide bonds. The van der Waals surface area contributed by atoms with Crippen LogP contribution in [0.1, 0.15) is 26.7 Å². The topological polar surface area (TPSA) is 87.5 Å². The van der Waals surface area contributed by atoms with Crippen molar-refractivity contribution < 1.29 is 9.59 Å². The Labute approximate surface area is 115 Å². The third-order valence-corrected chi connectivity index (χ3v) is 3.60. The van der Waals surface area contributed by atoms with Crippen molar-refractivity contribution >= 4 is 11.8 Å². The van der Waals surface area contributed by atoms with Crippen molar-refractivity contribution in [1.82, 2.24) is 15.5 Å². The Morgan fingerprint density at radius 1 is 1.32 bits per heavy atom. The number of nitrogens with two attached hydrogens (primary N) is 1. The first kappa shape index (κ1) is 15.9. The molecule has 1 rings (SSSR count). The molecule has 110 valence electrons. The number of rotatable bonds is 5. The third-order valence-electron chi connectivity index (χ3n) is 3.60. The van der Waals surface area contributed by atoms with Crippen LogP contribution in [-0.4, -0.2) is 55.5 Å². The summed E-state index contributed by atoms with van der Waals surface area (Å²) < 4.78 is 0. The Bertz CT molecular complexity index is 312. The molecule has 1 heterocycles. The molecule has 1 aliphatic heterocycles. The number of carbonyl (C=O) groups excluding carboxylic acids is 2. The standard InChI is InChI=1S/C13H26N4O2/c1-9(2)12(14)13(19)16-10-4-6-17(7-5-10)8-11(18)15-3/h9-10,12H,4-8,14H2,1-3H3,(H,15,18)(H,16,19)/t12-/m1/s1. The van der Waals surface area contributed by atoms with E-state index >= 15 is 0 Å². The molecule has 0 aliphatic carbocycles. The van der Waals surface area contributed by atoms with Gasteiger partial charge in [0.25, 0.3) is 0 Å². The molecule has 1 atom stereocenters. The quantitative estimate of drug-likeness (QED) is 0.616. The van der Waals surface area contributed by atoms with E-state index in [9.17, 15) is 9.59 Å². The SMILES string of the molecule is CNC(=O)CN1CCC(NC(=O)[C@H](N)C(C)C)CC1. The zero-order valence-corrected chi connectivity index (χ0v) is 12.1. The monoisotopic (exact) mass is 270 g/mol. The van der Waals surface area contributed by atoms with Crippen LogP contribution in [0.2, 0.25) is 0 Å². The second-order valence-corrected chi connectivity index (χ2v) is 5.50. The van der Waals surface area contributed by atoms with Crippen LogP contribution >= 0.6 is 0 Å². The molecule has 0 bridgehead atoms. The first-order valence-electron chi connectivity index (χ1n) is 6.93. The number of hydrogen-bond acceptors (Lipinski definition) is 4. The van der Waals surface area contributed by atoms with Gasteiger partial charge in [0, 0.05) is 26.2 Å². The van der Waals surface area contributed by atoms with Crippen molar-refractivity contribution in [3.8, 4) is 0 Å². The van der Waals surface area contributed by atoms with Crippen molar-refractivity contribution in [3.63, 3.8) is 0 Å². The van der Waals surface area contributed by atoms with Crippen molar-refractivity contribution in [2.75, 3.05) is 26.7 Å². The third kappa shape index (κ3) is 5.16. The van der Waals surface area contributed by atoms with Crippen LogP contribution in [0, 0.1) is 5.92 Å². The Hall–Kier alpha value is -1.14. The van der Waals surface area contributed by atoms with E-state index in [2.05, 4.69) is 15.5 Å². The Morgan fingerprint density at radius 2 is 1.89 bits per heavy atom. The van der Waals surface area contributed by atoms with Crippen molar-refractivity contribution in [2.45, 2.75) is 38.8 Å². The smallest absolute Gasteiger partial charge is 0.237 e. The maximum absolute atomic E-state index is 11.8. The van der Waals surface area contributed by atoms with E-state index in [1.165, 1.54) is 0 Å². The minimum absolute atomic E-state index is 0.0318. The molecule has 1 fully saturated rings. The predicted octanol–water partition coefficient (Wildman–Crippen LogP) is -0.704. The summed E-state index contributed by atoms with van der Waals surface area (Å²) in [5.74, 6) is 0.109. The number of likely N-dealkylation sites (tertiary alicyclic amines) is 1. The van der Waals surface area contributed by atoms with E-state index in [0.29, 0.717) is 6.54 Å². The Morgan fingerprint density at radius 3 is 2.37 bits per heavy atom. The molecule has 0 unspecified atom stereocenters. The lowest BCUT2D eigenvalue weighted by molar-refractivity contribution is -0.125. The normalized spacial score (nSPS) is 19.2. The van der Waals surface area contributed by atoms with Gasteiger partial charge in [-0.15, -0.1) is 0 Å². The van der Waals surface area contributed by atoms with Gasteiger partial charge in [-0.1, -0.05) is 13.8 Å². The molecule has 1 saturated heterocycles. The van der Waals surface area contributed by atoms with Gasteiger partial charge in [-0.2, -0.15) is 0 Å². The molecule has 6 nitrogen and oxygen atoms in total. The summed E-state index contributed by atoms with van der Waals surface area (Å²) in [6, 6.07) is -0.262. The highest BCUT2D eigenvalue weighted by molar-refractivity contribution is 5.82. The average Bonchev–Trinajstić information content (AvgIpc) is 2.39. The molecule has 0 aromatic heterocycles. The minimum atomic E-state index is -0.441. The Kier molecular flexibility index (Phi) is 6.24. The fourth-order valence-electron chi connectivity index (χ4n) is 2.12. The fraction of sp³-hybridized carbons (Fsp3) is 0.846. The van der Waals surface area contributed by atoms with Crippen molar-refractivity contribution in [3.05, 3.63) is 0 Å². The van der Waals surface area contributed by atoms with Gasteiger partial charge in [0.2, 0.25) is 11.8 Å². The lowest BCUT2D eigenvalue weighted by Gasteiger charge is -2.32. The lowest BCUT2D eigenvalue weighted by Crippen LogP contribution is -2.51. The molecule has 6 heteroatoms.